The van der Waals surface area contributed by atoms with Crippen LogP contribution in [0.5, 0.6) is 5.75 Å². The summed E-state index contributed by atoms with van der Waals surface area (Å²) in [5.41, 5.74) is 1.86. The fraction of sp³-hybridized carbons (Fsp3) is 0.467. The predicted octanol–water partition coefficient (Wildman–Crippen LogP) is 2.94. The number of hydrogen-bond acceptors (Lipinski definition) is 5. The summed E-state index contributed by atoms with van der Waals surface area (Å²) in [6.45, 7) is 6.67. The Kier molecular flexibility index (Phi) is 5.48. The number of ether oxygens (including phenoxy) is 1. The number of nitrogens with zero attached hydrogens (tertiary/aromatic N) is 2. The number of aromatic amines is 1. The summed E-state index contributed by atoms with van der Waals surface area (Å²) in [5, 5.41) is 13.2. The molecule has 0 aliphatic carbocycles. The summed E-state index contributed by atoms with van der Waals surface area (Å²) >= 11 is 1.55. The van der Waals surface area contributed by atoms with Gasteiger partial charge in [0.25, 0.3) is 0 Å². The van der Waals surface area contributed by atoms with E-state index in [0.717, 1.165) is 21.9 Å². The van der Waals surface area contributed by atoms with Crippen LogP contribution < -0.4 is 10.1 Å². The molecule has 1 unspecified atom stereocenters. The number of nitriles is 1. The van der Waals surface area contributed by atoms with E-state index < -0.39 is 0 Å². The second kappa shape index (κ2) is 7.34. The van der Waals surface area contributed by atoms with Gasteiger partial charge in [-0.1, -0.05) is 11.8 Å². The van der Waals surface area contributed by atoms with Gasteiger partial charge in [0, 0.05) is 17.9 Å². The molecule has 1 heterocycles. The molecule has 112 valence electrons. The molecule has 2 N–H and O–H groups in total. The van der Waals surface area contributed by atoms with E-state index in [-0.39, 0.29) is 6.04 Å². The van der Waals surface area contributed by atoms with E-state index in [2.05, 4.69) is 21.4 Å². The lowest BCUT2D eigenvalue weighted by Gasteiger charge is -2.12. The van der Waals surface area contributed by atoms with Crippen molar-refractivity contribution in [3.05, 3.63) is 18.2 Å². The minimum atomic E-state index is -0.179. The highest BCUT2D eigenvalue weighted by Crippen LogP contribution is 2.23. The van der Waals surface area contributed by atoms with Crippen molar-refractivity contribution in [3.63, 3.8) is 0 Å². The zero-order chi connectivity index (χ0) is 15.2. The average Bonchev–Trinajstić information content (AvgIpc) is 2.85. The maximum absolute atomic E-state index is 9.12. The Morgan fingerprint density at radius 3 is 2.95 bits per heavy atom. The Balaban J connectivity index is 2.04. The number of rotatable bonds is 7. The maximum Gasteiger partial charge on any atom is 0.166 e. The third kappa shape index (κ3) is 4.38. The molecule has 0 saturated heterocycles. The zero-order valence-electron chi connectivity index (χ0n) is 12.5. The molecular formula is C15H20N4OS. The summed E-state index contributed by atoms with van der Waals surface area (Å²) in [5.74, 6) is 1.49. The molecule has 0 radical (unpaired) electrons. The Bertz CT molecular complexity index is 632. The van der Waals surface area contributed by atoms with Gasteiger partial charge in [0.2, 0.25) is 0 Å². The minimum absolute atomic E-state index is 0.179. The number of nitrogens with one attached hydrogen (secondary N) is 2. The van der Waals surface area contributed by atoms with E-state index in [4.69, 9.17) is 10.00 Å². The lowest BCUT2D eigenvalue weighted by molar-refractivity contribution is 0.340. The first-order valence-corrected chi connectivity index (χ1v) is 8.02. The van der Waals surface area contributed by atoms with Crippen molar-refractivity contribution in [1.29, 1.82) is 5.26 Å². The highest BCUT2D eigenvalue weighted by atomic mass is 32.2. The average molecular weight is 304 g/mol. The number of benzene rings is 1. The van der Waals surface area contributed by atoms with E-state index in [1.54, 1.807) is 11.8 Å². The number of aromatic nitrogens is 2. The molecule has 1 aromatic heterocycles. The second-order valence-corrected chi connectivity index (χ2v) is 5.98. The van der Waals surface area contributed by atoms with Crippen LogP contribution in [0, 0.1) is 11.3 Å². The number of hydrogen-bond donors (Lipinski definition) is 2. The molecule has 5 nitrogen and oxygen atoms in total. The predicted molar refractivity (Wildman–Crippen MR) is 85.7 cm³/mol. The van der Waals surface area contributed by atoms with Gasteiger partial charge in [-0.15, -0.1) is 0 Å². The van der Waals surface area contributed by atoms with Crippen molar-refractivity contribution in [2.75, 3.05) is 12.4 Å². The summed E-state index contributed by atoms with van der Waals surface area (Å²) in [6, 6.07) is 8.19. The molecule has 0 bridgehead atoms. The Morgan fingerprint density at radius 1 is 1.48 bits per heavy atom. The molecule has 0 fully saturated rings. The SMILES string of the molecule is CCOc1ccc2nc(SCC(C#N)NC(C)C)[nH]c2c1. The van der Waals surface area contributed by atoms with Gasteiger partial charge in [0.1, 0.15) is 11.8 Å². The molecule has 2 aromatic rings. The molecule has 0 aliphatic rings. The summed E-state index contributed by atoms with van der Waals surface area (Å²) in [7, 11) is 0. The van der Waals surface area contributed by atoms with Gasteiger partial charge >= 0.3 is 0 Å². The Morgan fingerprint density at radius 2 is 2.29 bits per heavy atom. The standard InChI is InChI=1S/C15H20N4OS/c1-4-20-12-5-6-13-14(7-12)19-15(18-13)21-9-11(8-16)17-10(2)3/h5-7,10-11,17H,4,9H2,1-3H3,(H,18,19). The van der Waals surface area contributed by atoms with Gasteiger partial charge < -0.3 is 9.72 Å². The molecule has 0 saturated carbocycles. The van der Waals surface area contributed by atoms with E-state index in [1.165, 1.54) is 0 Å². The largest absolute Gasteiger partial charge is 0.494 e. The molecule has 6 heteroatoms. The van der Waals surface area contributed by atoms with Gasteiger partial charge in [-0.3, -0.25) is 5.32 Å². The zero-order valence-corrected chi connectivity index (χ0v) is 13.3. The van der Waals surface area contributed by atoms with Crippen molar-refractivity contribution in [3.8, 4) is 11.8 Å². The van der Waals surface area contributed by atoms with Crippen LogP contribution in [0.3, 0.4) is 0 Å². The molecule has 21 heavy (non-hydrogen) atoms. The summed E-state index contributed by atoms with van der Waals surface area (Å²) in [4.78, 5) is 7.78. The van der Waals surface area contributed by atoms with E-state index in [1.807, 2.05) is 39.0 Å². The third-order valence-electron chi connectivity index (χ3n) is 2.82. The van der Waals surface area contributed by atoms with Gasteiger partial charge in [0.15, 0.2) is 5.16 Å². The van der Waals surface area contributed by atoms with Crippen LogP contribution in [-0.4, -0.2) is 34.4 Å². The fourth-order valence-corrected chi connectivity index (χ4v) is 2.82. The normalized spacial score (nSPS) is 12.5. The molecular weight excluding hydrogens is 284 g/mol. The smallest absolute Gasteiger partial charge is 0.166 e. The highest BCUT2D eigenvalue weighted by Gasteiger charge is 2.11. The van der Waals surface area contributed by atoms with Gasteiger partial charge in [-0.2, -0.15) is 5.26 Å². The first kappa shape index (κ1) is 15.7. The number of imidazole rings is 1. The van der Waals surface area contributed by atoms with Crippen LogP contribution in [0.4, 0.5) is 0 Å². The molecule has 1 atom stereocenters. The van der Waals surface area contributed by atoms with Crippen molar-refractivity contribution in [2.24, 2.45) is 0 Å². The lowest BCUT2D eigenvalue weighted by Crippen LogP contribution is -2.35. The molecule has 0 aliphatic heterocycles. The molecule has 0 spiro atoms. The van der Waals surface area contributed by atoms with E-state index in [0.29, 0.717) is 18.4 Å². The maximum atomic E-state index is 9.12. The van der Waals surface area contributed by atoms with Crippen LogP contribution >= 0.6 is 11.8 Å². The van der Waals surface area contributed by atoms with Crippen LogP contribution in [0.2, 0.25) is 0 Å². The first-order chi connectivity index (χ1) is 10.1. The third-order valence-corrected chi connectivity index (χ3v) is 3.79. The van der Waals surface area contributed by atoms with Crippen LogP contribution in [-0.2, 0) is 0 Å². The second-order valence-electron chi connectivity index (χ2n) is 4.97. The Hall–Kier alpha value is -1.71. The topological polar surface area (TPSA) is 73.7 Å². The van der Waals surface area contributed by atoms with E-state index >= 15 is 0 Å². The fourth-order valence-electron chi connectivity index (χ4n) is 1.98. The highest BCUT2D eigenvalue weighted by molar-refractivity contribution is 7.99. The molecule has 2 rings (SSSR count). The summed E-state index contributed by atoms with van der Waals surface area (Å²) < 4.78 is 5.47. The number of H-pyrrole nitrogens is 1. The molecule has 0 amide bonds. The lowest BCUT2D eigenvalue weighted by atomic mass is 10.3. The van der Waals surface area contributed by atoms with Crippen LogP contribution in [0.25, 0.3) is 11.0 Å². The molecule has 1 aromatic carbocycles. The minimum Gasteiger partial charge on any atom is -0.494 e. The van der Waals surface area contributed by atoms with Gasteiger partial charge in [-0.25, -0.2) is 4.98 Å². The van der Waals surface area contributed by atoms with Crippen molar-refractivity contribution in [2.45, 2.75) is 38.0 Å². The number of fused-ring (bicyclic) bond motifs is 1. The first-order valence-electron chi connectivity index (χ1n) is 7.03. The quantitative estimate of drug-likeness (QED) is 0.769. The van der Waals surface area contributed by atoms with Gasteiger partial charge in [0.05, 0.1) is 23.7 Å². The Labute approximate surface area is 129 Å². The summed E-state index contributed by atoms with van der Waals surface area (Å²) in [6.07, 6.45) is 0. The van der Waals surface area contributed by atoms with Gasteiger partial charge in [-0.05, 0) is 32.9 Å². The van der Waals surface area contributed by atoms with Crippen molar-refractivity contribution in [1.82, 2.24) is 15.3 Å². The number of thioether (sulfide) groups is 1. The van der Waals surface area contributed by atoms with Crippen LogP contribution in [0.15, 0.2) is 23.4 Å². The van der Waals surface area contributed by atoms with Crippen molar-refractivity contribution >= 4 is 22.8 Å². The van der Waals surface area contributed by atoms with E-state index in [9.17, 15) is 0 Å². The van der Waals surface area contributed by atoms with Crippen molar-refractivity contribution < 1.29 is 4.74 Å². The van der Waals surface area contributed by atoms with Crippen LogP contribution in [0.1, 0.15) is 20.8 Å². The monoisotopic (exact) mass is 304 g/mol.